The molecule has 0 radical (unpaired) electrons. The third kappa shape index (κ3) is 3.19. The minimum Gasteiger partial charge on any atom is -0.504 e. The Morgan fingerprint density at radius 3 is 2.81 bits per heavy atom. The number of nitrogens with zero attached hydrogens (tertiary/aromatic N) is 3. The van der Waals surface area contributed by atoms with E-state index >= 15 is 0 Å². The summed E-state index contributed by atoms with van der Waals surface area (Å²) in [5, 5.41) is 32.7. The van der Waals surface area contributed by atoms with Crippen molar-refractivity contribution in [1.82, 2.24) is 14.3 Å². The summed E-state index contributed by atoms with van der Waals surface area (Å²) in [6.07, 6.45) is 8.23. The number of aromatic carboxylic acids is 1. The van der Waals surface area contributed by atoms with E-state index in [1.807, 2.05) is 49.5 Å². The third-order valence-corrected chi connectivity index (χ3v) is 10.6. The Labute approximate surface area is 243 Å². The lowest BCUT2D eigenvalue weighted by atomic mass is 9.52. The number of hydrogen-bond donors (Lipinski definition) is 3. The van der Waals surface area contributed by atoms with Gasteiger partial charge in [0.1, 0.15) is 12.2 Å². The van der Waals surface area contributed by atoms with Crippen molar-refractivity contribution in [2.24, 2.45) is 5.92 Å². The van der Waals surface area contributed by atoms with Crippen LogP contribution < -0.4 is 4.74 Å². The van der Waals surface area contributed by atoms with Gasteiger partial charge in [-0.3, -0.25) is 4.98 Å². The fraction of sp³-hybridized carbons (Fsp3) is 0.353. The zero-order chi connectivity index (χ0) is 29.1. The number of benzene rings is 1. The van der Waals surface area contributed by atoms with Gasteiger partial charge in [-0.15, -0.1) is 0 Å². The molecule has 8 heteroatoms. The zero-order valence-corrected chi connectivity index (χ0v) is 23.8. The van der Waals surface area contributed by atoms with Crippen LogP contribution in [-0.4, -0.2) is 67.4 Å². The van der Waals surface area contributed by atoms with Crippen LogP contribution in [0.15, 0.2) is 60.9 Å². The van der Waals surface area contributed by atoms with Gasteiger partial charge >= 0.3 is 5.97 Å². The molecular formula is C34H33N3O5. The van der Waals surface area contributed by atoms with Gasteiger partial charge in [-0.25, -0.2) is 4.79 Å². The number of pyridine rings is 2. The lowest BCUT2D eigenvalue weighted by Gasteiger charge is -2.56. The van der Waals surface area contributed by atoms with E-state index in [0.717, 1.165) is 58.5 Å². The maximum absolute atomic E-state index is 12.4. The summed E-state index contributed by atoms with van der Waals surface area (Å²) in [6.45, 7) is 4.85. The summed E-state index contributed by atoms with van der Waals surface area (Å²) in [5.74, 6) is -0.463. The van der Waals surface area contributed by atoms with Crippen molar-refractivity contribution in [3.05, 3.63) is 94.5 Å². The number of aromatic nitrogens is 2. The number of aromatic hydroxyl groups is 1. The number of ether oxygens (including phenoxy) is 1. The van der Waals surface area contributed by atoms with Crippen LogP contribution in [0.5, 0.6) is 11.5 Å². The van der Waals surface area contributed by atoms with Crippen molar-refractivity contribution in [2.75, 3.05) is 13.6 Å². The molecule has 2 aliphatic heterocycles. The van der Waals surface area contributed by atoms with Crippen molar-refractivity contribution in [1.29, 1.82) is 0 Å². The fourth-order valence-electron chi connectivity index (χ4n) is 8.69. The second-order valence-corrected chi connectivity index (χ2v) is 12.5. The Morgan fingerprint density at radius 2 is 2.05 bits per heavy atom. The summed E-state index contributed by atoms with van der Waals surface area (Å²) >= 11 is 0. The molecule has 1 aromatic carbocycles. The average molecular weight is 564 g/mol. The Balaban J connectivity index is 1.37. The number of carboxylic acids is 1. The molecule has 4 aliphatic rings. The number of fused-ring (bicyclic) bond motifs is 1. The maximum Gasteiger partial charge on any atom is 0.336 e. The number of phenolic OH excluding ortho intramolecular Hbond substituents is 1. The molecule has 5 heterocycles. The fourth-order valence-corrected chi connectivity index (χ4v) is 8.69. The highest BCUT2D eigenvalue weighted by Gasteiger charge is 2.64. The second-order valence-electron chi connectivity index (χ2n) is 12.5. The Kier molecular flexibility index (Phi) is 5.29. The largest absolute Gasteiger partial charge is 0.504 e. The predicted octanol–water partition coefficient (Wildman–Crippen LogP) is 4.67. The molecule has 0 amide bonds. The van der Waals surface area contributed by atoms with Crippen LogP contribution in [-0.2, 0) is 11.8 Å². The van der Waals surface area contributed by atoms with Crippen LogP contribution in [0.4, 0.5) is 0 Å². The van der Waals surface area contributed by atoms with Gasteiger partial charge in [0.05, 0.1) is 11.3 Å². The summed E-state index contributed by atoms with van der Waals surface area (Å²) < 4.78 is 8.51. The average Bonchev–Trinajstić information content (AvgIpc) is 3.56. The normalized spacial score (nSPS) is 28.0. The molecule has 1 unspecified atom stereocenters. The van der Waals surface area contributed by atoms with E-state index in [0.29, 0.717) is 11.3 Å². The summed E-state index contributed by atoms with van der Waals surface area (Å²) in [6, 6.07) is 11.5. The van der Waals surface area contributed by atoms with Gasteiger partial charge in [0, 0.05) is 58.0 Å². The number of rotatable bonds is 4. The van der Waals surface area contributed by atoms with Crippen LogP contribution in [0.1, 0.15) is 57.6 Å². The minimum absolute atomic E-state index is 0.0765. The van der Waals surface area contributed by atoms with Gasteiger partial charge in [-0.2, -0.15) is 0 Å². The van der Waals surface area contributed by atoms with E-state index < -0.39 is 23.6 Å². The third-order valence-electron chi connectivity index (χ3n) is 10.6. The molecular weight excluding hydrogens is 530 g/mol. The van der Waals surface area contributed by atoms with E-state index in [-0.39, 0.29) is 29.2 Å². The van der Waals surface area contributed by atoms with E-state index in [4.69, 9.17) is 4.74 Å². The quantitative estimate of drug-likeness (QED) is 0.310. The lowest BCUT2D eigenvalue weighted by molar-refractivity contribution is -0.0454. The Bertz CT molecular complexity index is 1830. The van der Waals surface area contributed by atoms with Crippen molar-refractivity contribution >= 4 is 11.5 Å². The maximum atomic E-state index is 12.4. The van der Waals surface area contributed by atoms with Crippen LogP contribution in [0.2, 0.25) is 0 Å². The Morgan fingerprint density at radius 1 is 1.21 bits per heavy atom. The number of hydrogen-bond acceptors (Lipinski definition) is 6. The molecule has 1 fully saturated rings. The van der Waals surface area contributed by atoms with Crippen molar-refractivity contribution < 1.29 is 24.9 Å². The van der Waals surface area contributed by atoms with Gasteiger partial charge in [-0.05, 0) is 80.4 Å². The number of carbonyl (C=O) groups is 1. The zero-order valence-electron chi connectivity index (χ0n) is 23.8. The molecule has 1 saturated heterocycles. The van der Waals surface area contributed by atoms with E-state index in [9.17, 15) is 20.1 Å². The molecule has 1 spiro atoms. The highest BCUT2D eigenvalue weighted by Crippen LogP contribution is 2.63. The highest BCUT2D eigenvalue weighted by atomic mass is 16.5. The first-order valence-corrected chi connectivity index (χ1v) is 14.6. The number of likely N-dealkylation sites (N-methyl/N-ethyl adjacent to an activating group) is 1. The molecule has 214 valence electrons. The first-order valence-electron chi connectivity index (χ1n) is 14.6. The molecule has 2 aliphatic carbocycles. The van der Waals surface area contributed by atoms with Gasteiger partial charge < -0.3 is 29.4 Å². The Hall–Kier alpha value is -4.14. The van der Waals surface area contributed by atoms with E-state index in [1.54, 1.807) is 12.3 Å². The molecule has 42 heavy (non-hydrogen) atoms. The molecule has 4 aromatic rings. The highest BCUT2D eigenvalue weighted by molar-refractivity contribution is 5.92. The first-order chi connectivity index (χ1) is 20.2. The van der Waals surface area contributed by atoms with Crippen LogP contribution >= 0.6 is 0 Å². The molecule has 3 aromatic heterocycles. The molecule has 0 saturated carbocycles. The molecule has 6 atom stereocenters. The summed E-state index contributed by atoms with van der Waals surface area (Å²) in [5.41, 5.74) is 7.05. The van der Waals surface area contributed by atoms with Crippen molar-refractivity contribution in [2.45, 2.75) is 56.3 Å². The summed E-state index contributed by atoms with van der Waals surface area (Å²) in [4.78, 5) is 19.4. The van der Waals surface area contributed by atoms with Crippen molar-refractivity contribution in [3.63, 3.8) is 0 Å². The summed E-state index contributed by atoms with van der Waals surface area (Å²) in [7, 11) is 2.17. The molecule has 3 N–H and O–H groups in total. The first kappa shape index (κ1) is 25.6. The van der Waals surface area contributed by atoms with Crippen LogP contribution in [0, 0.1) is 12.8 Å². The van der Waals surface area contributed by atoms with E-state index in [2.05, 4.69) is 34.3 Å². The van der Waals surface area contributed by atoms with Gasteiger partial charge in [0.15, 0.2) is 11.5 Å². The SMILES string of the molecule is Cc1c(C(=O)O)cc2cc(-c3ccccn3)cn2c1C(C)c1cc(O)c2c3c1C[C@@H]1[C@@H]4C=C[C@H](O)[C@H](O2)[C@]34CCN1C. The number of piperidine rings is 1. The predicted molar refractivity (Wildman–Crippen MR) is 157 cm³/mol. The van der Waals surface area contributed by atoms with E-state index in [1.165, 1.54) is 0 Å². The molecule has 8 rings (SSSR count). The topological polar surface area (TPSA) is 108 Å². The van der Waals surface area contributed by atoms with Crippen LogP contribution in [0.25, 0.3) is 16.8 Å². The van der Waals surface area contributed by atoms with Crippen molar-refractivity contribution in [3.8, 4) is 22.8 Å². The molecule has 8 nitrogen and oxygen atoms in total. The number of aliphatic hydroxyl groups is 1. The monoisotopic (exact) mass is 563 g/mol. The van der Waals surface area contributed by atoms with Gasteiger partial charge in [0.2, 0.25) is 0 Å². The van der Waals surface area contributed by atoms with Gasteiger partial charge in [0.25, 0.3) is 0 Å². The minimum atomic E-state index is -0.973. The smallest absolute Gasteiger partial charge is 0.336 e. The number of likely N-dealkylation sites (tertiary alicyclic amines) is 1. The number of phenols is 1. The number of carboxylic acid groups (broad SMARTS) is 1. The number of aliphatic hydroxyl groups excluding tert-OH is 1. The second kappa shape index (κ2) is 8.69. The lowest BCUT2D eigenvalue weighted by Crippen LogP contribution is -2.64. The van der Waals surface area contributed by atoms with Gasteiger partial charge in [-0.1, -0.05) is 25.1 Å². The molecule has 2 bridgehead atoms. The van der Waals surface area contributed by atoms with Crippen LogP contribution in [0.3, 0.4) is 0 Å². The standard InChI is InChI=1S/C34H33N3O5/c1-17(30-18(2)22(33(40)41)13-20-12-19(16-37(20)30)25-6-4-5-10-35-25)21-15-28(39)31-29-23(21)14-26-24-7-8-27(38)32(42-31)34(24,29)9-11-36(26)3/h4-8,10,12-13,15-17,24,26-27,32,38-39H,9,11,14H2,1-3H3,(H,40,41)/t17?,24-,26+,27-,32-,34-/m0/s1.